The average molecular weight is 542 g/mol. The average Bonchev–Trinajstić information content (AvgIpc) is 2.80. The number of fused-ring (bicyclic) bond motifs is 5. The highest BCUT2D eigenvalue weighted by molar-refractivity contribution is 9.11. The van der Waals surface area contributed by atoms with Crippen LogP contribution >= 0.6 is 31.9 Å². The van der Waals surface area contributed by atoms with Crippen LogP contribution in [0.1, 0.15) is 36.1 Å². The zero-order valence-electron chi connectivity index (χ0n) is 18.0. The van der Waals surface area contributed by atoms with Crippen molar-refractivity contribution in [2.45, 2.75) is 25.7 Å². The fourth-order valence-corrected chi connectivity index (χ4v) is 6.31. The molecular formula is C30H22Br2. The molecule has 5 aromatic carbocycles. The molecule has 0 saturated carbocycles. The molecule has 156 valence electrons. The van der Waals surface area contributed by atoms with Crippen molar-refractivity contribution in [2.24, 2.45) is 0 Å². The van der Waals surface area contributed by atoms with Gasteiger partial charge < -0.3 is 0 Å². The van der Waals surface area contributed by atoms with E-state index in [2.05, 4.69) is 131 Å². The van der Waals surface area contributed by atoms with Crippen LogP contribution in [0, 0.1) is 0 Å². The molecule has 0 aromatic heterocycles. The van der Waals surface area contributed by atoms with E-state index in [9.17, 15) is 0 Å². The maximum atomic E-state index is 3.71. The number of benzene rings is 5. The van der Waals surface area contributed by atoms with Crippen LogP contribution in [0.25, 0.3) is 32.7 Å². The van der Waals surface area contributed by atoms with Gasteiger partial charge in [0.2, 0.25) is 0 Å². The maximum absolute atomic E-state index is 3.71. The Morgan fingerprint density at radius 1 is 0.688 bits per heavy atom. The second kappa shape index (κ2) is 7.30. The van der Waals surface area contributed by atoms with Crippen LogP contribution in [-0.4, -0.2) is 0 Å². The highest BCUT2D eigenvalue weighted by Crippen LogP contribution is 2.45. The summed E-state index contributed by atoms with van der Waals surface area (Å²) in [4.78, 5) is 0. The van der Waals surface area contributed by atoms with Crippen LogP contribution in [-0.2, 0) is 11.8 Å². The van der Waals surface area contributed by atoms with E-state index in [0.29, 0.717) is 0 Å². The van der Waals surface area contributed by atoms with Crippen molar-refractivity contribution in [1.82, 2.24) is 0 Å². The molecule has 0 unspecified atom stereocenters. The molecule has 2 heteroatoms. The molecule has 0 heterocycles. The predicted molar refractivity (Wildman–Crippen MR) is 144 cm³/mol. The molecule has 0 aliphatic heterocycles. The molecule has 0 fully saturated rings. The van der Waals surface area contributed by atoms with E-state index in [1.165, 1.54) is 54.9 Å². The summed E-state index contributed by atoms with van der Waals surface area (Å²) >= 11 is 7.38. The SMILES string of the molecule is CC1(C)c2cc(Br)ccc2Cc2c1ccc1cc(-c3ccc(Br)c4ccccc34)ccc21. The summed E-state index contributed by atoms with van der Waals surface area (Å²) in [6.07, 6.45) is 0.985. The van der Waals surface area contributed by atoms with Gasteiger partial charge in [0.15, 0.2) is 0 Å². The fourth-order valence-electron chi connectivity index (χ4n) is 5.47. The lowest BCUT2D eigenvalue weighted by molar-refractivity contribution is 0.612. The van der Waals surface area contributed by atoms with Gasteiger partial charge >= 0.3 is 0 Å². The van der Waals surface area contributed by atoms with Gasteiger partial charge in [-0.1, -0.05) is 106 Å². The standard InChI is InChI=1S/C30H22Br2/c1-30(2)27-13-9-19-15-18(22-12-14-29(32)25-6-4-3-5-24(22)25)8-11-23(19)26(27)16-20-7-10-21(31)17-28(20)30/h3-15,17H,16H2,1-2H3. The molecule has 1 aliphatic rings. The summed E-state index contributed by atoms with van der Waals surface area (Å²) in [5.74, 6) is 0. The van der Waals surface area contributed by atoms with Gasteiger partial charge in [0.25, 0.3) is 0 Å². The predicted octanol–water partition coefficient (Wildman–Crippen LogP) is 9.42. The van der Waals surface area contributed by atoms with Crippen molar-refractivity contribution in [3.8, 4) is 11.1 Å². The summed E-state index contributed by atoms with van der Waals surface area (Å²) in [5, 5.41) is 5.21. The molecule has 0 nitrogen and oxygen atoms in total. The van der Waals surface area contributed by atoms with Gasteiger partial charge in [0.05, 0.1) is 0 Å². The Bertz CT molecular complexity index is 1540. The molecule has 0 amide bonds. The van der Waals surface area contributed by atoms with Gasteiger partial charge in [0.1, 0.15) is 0 Å². The third kappa shape index (κ3) is 3.00. The van der Waals surface area contributed by atoms with E-state index >= 15 is 0 Å². The van der Waals surface area contributed by atoms with Gasteiger partial charge in [-0.3, -0.25) is 0 Å². The van der Waals surface area contributed by atoms with Crippen molar-refractivity contribution >= 4 is 53.4 Å². The zero-order valence-corrected chi connectivity index (χ0v) is 21.2. The molecule has 0 bridgehead atoms. The smallest absolute Gasteiger partial charge is 0.0254 e. The first kappa shape index (κ1) is 20.2. The van der Waals surface area contributed by atoms with E-state index in [1.54, 1.807) is 0 Å². The molecule has 0 N–H and O–H groups in total. The Hall–Kier alpha value is -2.42. The summed E-state index contributed by atoms with van der Waals surface area (Å²) in [6, 6.07) is 31.4. The second-order valence-corrected chi connectivity index (χ2v) is 11.0. The van der Waals surface area contributed by atoms with Crippen LogP contribution in [0.15, 0.2) is 93.9 Å². The molecule has 0 spiro atoms. The van der Waals surface area contributed by atoms with Gasteiger partial charge in [0, 0.05) is 14.4 Å². The molecule has 0 atom stereocenters. The molecule has 1 aliphatic carbocycles. The Morgan fingerprint density at radius 3 is 2.34 bits per heavy atom. The minimum Gasteiger partial charge on any atom is -0.0616 e. The minimum absolute atomic E-state index is 0.0124. The summed E-state index contributed by atoms with van der Waals surface area (Å²) < 4.78 is 2.29. The lowest BCUT2D eigenvalue weighted by Gasteiger charge is -2.36. The van der Waals surface area contributed by atoms with Gasteiger partial charge in [-0.05, 0) is 85.6 Å². The third-order valence-corrected chi connectivity index (χ3v) is 8.28. The molecule has 0 radical (unpaired) electrons. The van der Waals surface area contributed by atoms with Crippen molar-refractivity contribution in [3.05, 3.63) is 116 Å². The van der Waals surface area contributed by atoms with Crippen molar-refractivity contribution in [2.75, 3.05) is 0 Å². The largest absolute Gasteiger partial charge is 0.0616 e. The first-order chi connectivity index (χ1) is 15.4. The van der Waals surface area contributed by atoms with E-state index in [0.717, 1.165) is 15.4 Å². The maximum Gasteiger partial charge on any atom is 0.0254 e. The van der Waals surface area contributed by atoms with Crippen LogP contribution in [0.2, 0.25) is 0 Å². The number of hydrogen-bond donors (Lipinski definition) is 0. The second-order valence-electron chi connectivity index (χ2n) is 9.27. The molecule has 32 heavy (non-hydrogen) atoms. The minimum atomic E-state index is -0.0124. The summed E-state index contributed by atoms with van der Waals surface area (Å²) in [7, 11) is 0. The van der Waals surface area contributed by atoms with Crippen LogP contribution < -0.4 is 0 Å². The van der Waals surface area contributed by atoms with E-state index in [1.807, 2.05) is 0 Å². The van der Waals surface area contributed by atoms with Gasteiger partial charge in [-0.2, -0.15) is 0 Å². The molecular weight excluding hydrogens is 520 g/mol. The Balaban J connectivity index is 1.54. The number of hydrogen-bond acceptors (Lipinski definition) is 0. The summed E-state index contributed by atoms with van der Waals surface area (Å²) in [6.45, 7) is 4.70. The first-order valence-electron chi connectivity index (χ1n) is 11.0. The lowest BCUT2D eigenvalue weighted by atomic mass is 9.68. The Labute approximate surface area is 205 Å². The highest BCUT2D eigenvalue weighted by atomic mass is 79.9. The van der Waals surface area contributed by atoms with Crippen LogP contribution in [0.4, 0.5) is 0 Å². The van der Waals surface area contributed by atoms with Crippen molar-refractivity contribution < 1.29 is 0 Å². The lowest BCUT2D eigenvalue weighted by Crippen LogP contribution is -2.27. The normalized spacial score (nSPS) is 14.4. The van der Waals surface area contributed by atoms with E-state index in [-0.39, 0.29) is 5.41 Å². The third-order valence-electron chi connectivity index (χ3n) is 7.10. The number of rotatable bonds is 1. The topological polar surface area (TPSA) is 0 Å². The highest BCUT2D eigenvalue weighted by Gasteiger charge is 2.33. The zero-order chi connectivity index (χ0) is 22.0. The fraction of sp³-hybridized carbons (Fsp3) is 0.133. The van der Waals surface area contributed by atoms with E-state index < -0.39 is 0 Å². The Kier molecular flexibility index (Phi) is 4.61. The van der Waals surface area contributed by atoms with Crippen molar-refractivity contribution in [3.63, 3.8) is 0 Å². The number of halogens is 2. The van der Waals surface area contributed by atoms with Gasteiger partial charge in [-0.15, -0.1) is 0 Å². The van der Waals surface area contributed by atoms with E-state index in [4.69, 9.17) is 0 Å². The van der Waals surface area contributed by atoms with Crippen LogP contribution in [0.5, 0.6) is 0 Å². The van der Waals surface area contributed by atoms with Gasteiger partial charge in [-0.25, -0.2) is 0 Å². The molecule has 0 saturated heterocycles. The van der Waals surface area contributed by atoms with Crippen molar-refractivity contribution in [1.29, 1.82) is 0 Å². The first-order valence-corrected chi connectivity index (χ1v) is 12.5. The molecule has 6 rings (SSSR count). The monoisotopic (exact) mass is 540 g/mol. The molecule has 5 aromatic rings. The quantitative estimate of drug-likeness (QED) is 0.198. The summed E-state index contributed by atoms with van der Waals surface area (Å²) in [5.41, 5.74) is 8.30. The Morgan fingerprint density at radius 2 is 1.50 bits per heavy atom. The van der Waals surface area contributed by atoms with Crippen LogP contribution in [0.3, 0.4) is 0 Å².